The lowest BCUT2D eigenvalue weighted by Crippen LogP contribution is -1.99. The van der Waals surface area contributed by atoms with E-state index in [4.69, 9.17) is 4.74 Å². The minimum atomic E-state index is -0.674. The lowest BCUT2D eigenvalue weighted by atomic mass is 10.3. The molecule has 0 aromatic heterocycles. The molecule has 0 aliphatic rings. The zero-order valence-corrected chi connectivity index (χ0v) is 8.18. The van der Waals surface area contributed by atoms with Gasteiger partial charge in [-0.25, -0.2) is 8.78 Å². The molecule has 0 heterocycles. The molecule has 0 atom stereocenters. The Morgan fingerprint density at radius 3 is 2.36 bits per heavy atom. The van der Waals surface area contributed by atoms with E-state index in [1.54, 1.807) is 6.08 Å². The summed E-state index contributed by atoms with van der Waals surface area (Å²) in [5.74, 6) is -1.66. The summed E-state index contributed by atoms with van der Waals surface area (Å²) in [5.41, 5.74) is 1.04. The van der Waals surface area contributed by atoms with E-state index in [1.807, 2.05) is 13.8 Å². The fourth-order valence-electron chi connectivity index (χ4n) is 0.912. The first-order valence-corrected chi connectivity index (χ1v) is 4.31. The van der Waals surface area contributed by atoms with Crippen LogP contribution in [-0.2, 0) is 0 Å². The molecule has 0 amide bonds. The molecule has 0 unspecified atom stereocenters. The van der Waals surface area contributed by atoms with Gasteiger partial charge in [0.2, 0.25) is 0 Å². The average molecular weight is 198 g/mol. The molecule has 0 spiro atoms. The van der Waals surface area contributed by atoms with Crippen LogP contribution in [-0.4, -0.2) is 6.61 Å². The maximum atomic E-state index is 13.0. The van der Waals surface area contributed by atoms with Gasteiger partial charge in [0.1, 0.15) is 6.61 Å². The molecule has 0 saturated carbocycles. The van der Waals surface area contributed by atoms with Crippen molar-refractivity contribution >= 4 is 0 Å². The topological polar surface area (TPSA) is 9.23 Å². The molecular weight excluding hydrogens is 186 g/mol. The van der Waals surface area contributed by atoms with Crippen molar-refractivity contribution in [3.63, 3.8) is 0 Å². The number of ether oxygens (including phenoxy) is 1. The normalized spacial score (nSPS) is 9.71. The van der Waals surface area contributed by atoms with Gasteiger partial charge < -0.3 is 4.74 Å². The first kappa shape index (κ1) is 10.7. The molecule has 0 N–H and O–H groups in total. The maximum Gasteiger partial charge on any atom is 0.191 e. The van der Waals surface area contributed by atoms with Gasteiger partial charge in [-0.15, -0.1) is 0 Å². The van der Waals surface area contributed by atoms with Crippen molar-refractivity contribution in [3.8, 4) is 5.75 Å². The summed E-state index contributed by atoms with van der Waals surface area (Å²) in [5, 5.41) is 0. The second-order valence-corrected chi connectivity index (χ2v) is 3.14. The Kier molecular flexibility index (Phi) is 3.63. The third-order valence-electron chi connectivity index (χ3n) is 1.64. The number of hydrogen-bond acceptors (Lipinski definition) is 1. The highest BCUT2D eigenvalue weighted by Gasteiger charge is 2.07. The predicted octanol–water partition coefficient (Wildman–Crippen LogP) is 3.31. The highest BCUT2D eigenvalue weighted by atomic mass is 19.1. The molecule has 1 aromatic carbocycles. The number of benzene rings is 1. The van der Waals surface area contributed by atoms with E-state index in [2.05, 4.69) is 0 Å². The molecule has 0 radical (unpaired) electrons. The van der Waals surface area contributed by atoms with Gasteiger partial charge in [-0.1, -0.05) is 11.6 Å². The Balaban J connectivity index is 2.71. The lowest BCUT2D eigenvalue weighted by molar-refractivity contribution is 0.320. The van der Waals surface area contributed by atoms with Crippen molar-refractivity contribution < 1.29 is 13.5 Å². The fourth-order valence-corrected chi connectivity index (χ4v) is 0.912. The average Bonchev–Trinajstić information content (AvgIpc) is 2.09. The van der Waals surface area contributed by atoms with Gasteiger partial charge in [0.05, 0.1) is 0 Å². The van der Waals surface area contributed by atoms with Crippen LogP contribution < -0.4 is 4.74 Å². The van der Waals surface area contributed by atoms with E-state index in [0.717, 1.165) is 5.57 Å². The smallest absolute Gasteiger partial charge is 0.191 e. The van der Waals surface area contributed by atoms with Gasteiger partial charge in [0.25, 0.3) is 0 Å². The Bertz CT molecular complexity index is 321. The van der Waals surface area contributed by atoms with Crippen LogP contribution in [0.5, 0.6) is 5.75 Å². The molecule has 0 fully saturated rings. The molecule has 0 bridgehead atoms. The van der Waals surface area contributed by atoms with Crippen LogP contribution in [0, 0.1) is 11.6 Å². The highest BCUT2D eigenvalue weighted by Crippen LogP contribution is 2.20. The summed E-state index contributed by atoms with van der Waals surface area (Å²) >= 11 is 0. The Morgan fingerprint density at radius 2 is 1.86 bits per heavy atom. The minimum Gasteiger partial charge on any atom is -0.483 e. The van der Waals surface area contributed by atoms with E-state index in [0.29, 0.717) is 0 Å². The zero-order valence-electron chi connectivity index (χ0n) is 8.18. The van der Waals surface area contributed by atoms with Gasteiger partial charge in [0, 0.05) is 0 Å². The molecule has 1 nitrogen and oxygen atoms in total. The molecule has 1 rings (SSSR count). The van der Waals surface area contributed by atoms with Crippen LogP contribution in [0.1, 0.15) is 13.8 Å². The van der Waals surface area contributed by atoms with Gasteiger partial charge in [0.15, 0.2) is 17.4 Å². The van der Waals surface area contributed by atoms with Crippen molar-refractivity contribution in [1.29, 1.82) is 0 Å². The minimum absolute atomic E-state index is 0.181. The summed E-state index contributed by atoms with van der Waals surface area (Å²) in [4.78, 5) is 0. The molecular formula is C11H12F2O. The number of hydrogen-bond donors (Lipinski definition) is 0. The summed E-state index contributed by atoms with van der Waals surface area (Å²) in [6.07, 6.45) is 1.76. The quantitative estimate of drug-likeness (QED) is 0.677. The summed E-state index contributed by atoms with van der Waals surface area (Å²) < 4.78 is 30.9. The molecule has 1 aromatic rings. The van der Waals surface area contributed by atoms with Crippen LogP contribution in [0.2, 0.25) is 0 Å². The Labute approximate surface area is 82.0 Å². The molecule has 3 heteroatoms. The highest BCUT2D eigenvalue weighted by molar-refractivity contribution is 5.26. The molecule has 0 aliphatic heterocycles. The third kappa shape index (κ3) is 2.83. The first-order valence-electron chi connectivity index (χ1n) is 4.31. The van der Waals surface area contributed by atoms with Crippen molar-refractivity contribution in [1.82, 2.24) is 0 Å². The number of para-hydroxylation sites is 1. The summed E-state index contributed by atoms with van der Waals surface area (Å²) in [6.45, 7) is 3.96. The van der Waals surface area contributed by atoms with Crippen LogP contribution in [0.3, 0.4) is 0 Å². The lowest BCUT2D eigenvalue weighted by Gasteiger charge is -2.05. The van der Waals surface area contributed by atoms with Crippen LogP contribution >= 0.6 is 0 Å². The van der Waals surface area contributed by atoms with Gasteiger partial charge in [-0.3, -0.25) is 0 Å². The van der Waals surface area contributed by atoms with E-state index in [9.17, 15) is 8.78 Å². The predicted molar refractivity (Wildman–Crippen MR) is 51.3 cm³/mol. The van der Waals surface area contributed by atoms with Gasteiger partial charge >= 0.3 is 0 Å². The molecule has 0 aliphatic carbocycles. The first-order chi connectivity index (χ1) is 6.61. The van der Waals surface area contributed by atoms with Crippen LogP contribution in [0.4, 0.5) is 8.78 Å². The number of halogens is 2. The molecule has 0 saturated heterocycles. The van der Waals surface area contributed by atoms with Crippen molar-refractivity contribution in [3.05, 3.63) is 41.5 Å². The second-order valence-electron chi connectivity index (χ2n) is 3.14. The number of allylic oxidation sites excluding steroid dienone is 1. The molecule has 14 heavy (non-hydrogen) atoms. The van der Waals surface area contributed by atoms with Gasteiger partial charge in [-0.05, 0) is 32.1 Å². The van der Waals surface area contributed by atoms with Crippen LogP contribution in [0.25, 0.3) is 0 Å². The standard InChI is InChI=1S/C11H12F2O/c1-8(2)6-7-14-11-9(12)4-3-5-10(11)13/h3-6H,7H2,1-2H3. The van der Waals surface area contributed by atoms with Crippen molar-refractivity contribution in [2.75, 3.05) is 6.61 Å². The Hall–Kier alpha value is -1.38. The largest absolute Gasteiger partial charge is 0.483 e. The Morgan fingerprint density at radius 1 is 1.29 bits per heavy atom. The van der Waals surface area contributed by atoms with E-state index < -0.39 is 11.6 Å². The fraction of sp³-hybridized carbons (Fsp3) is 0.273. The third-order valence-corrected chi connectivity index (χ3v) is 1.64. The van der Waals surface area contributed by atoms with Crippen molar-refractivity contribution in [2.24, 2.45) is 0 Å². The monoisotopic (exact) mass is 198 g/mol. The van der Waals surface area contributed by atoms with E-state index in [1.165, 1.54) is 18.2 Å². The SMILES string of the molecule is CC(C)=CCOc1c(F)cccc1F. The number of rotatable bonds is 3. The van der Waals surface area contributed by atoms with Crippen LogP contribution in [0.15, 0.2) is 29.8 Å². The van der Waals surface area contributed by atoms with E-state index >= 15 is 0 Å². The second kappa shape index (κ2) is 4.74. The zero-order chi connectivity index (χ0) is 10.6. The van der Waals surface area contributed by atoms with E-state index in [-0.39, 0.29) is 12.4 Å². The summed E-state index contributed by atoms with van der Waals surface area (Å²) in [7, 11) is 0. The van der Waals surface area contributed by atoms with Crippen molar-refractivity contribution in [2.45, 2.75) is 13.8 Å². The van der Waals surface area contributed by atoms with Gasteiger partial charge in [-0.2, -0.15) is 0 Å². The summed E-state index contributed by atoms with van der Waals surface area (Å²) in [6, 6.07) is 3.64. The molecule has 76 valence electrons. The maximum absolute atomic E-state index is 13.0.